The largest absolute Gasteiger partial charge is 0.0683 e. The number of hydrogen-bond donors (Lipinski definition) is 0. The Bertz CT molecular complexity index is 42.0. The molecule has 0 N–H and O–H groups in total. The Hall–Kier alpha value is 0. The zero-order valence-electron chi connectivity index (χ0n) is 13.7. The zero-order chi connectivity index (χ0) is 13.7. The number of rotatable bonds is 5. The van der Waals surface area contributed by atoms with Crippen LogP contribution in [-0.4, -0.2) is 0 Å². The van der Waals surface area contributed by atoms with Crippen LogP contribution in [0.25, 0.3) is 0 Å². The zero-order valence-corrected chi connectivity index (χ0v) is 13.7. The minimum atomic E-state index is 1.25. The molecule has 0 unspecified atom stereocenters. The van der Waals surface area contributed by atoms with Crippen LogP contribution < -0.4 is 0 Å². The molecule has 0 aromatic heterocycles. The van der Waals surface area contributed by atoms with E-state index in [1.165, 1.54) is 51.4 Å². The predicted molar refractivity (Wildman–Crippen MR) is 82.3 cm³/mol. The Balaban J connectivity index is -0.0000000653. The Morgan fingerprint density at radius 2 is 0.625 bits per heavy atom. The lowest BCUT2D eigenvalue weighted by Gasteiger charge is -1.86. The Labute approximate surface area is 107 Å². The van der Waals surface area contributed by atoms with Crippen molar-refractivity contribution in [3.05, 3.63) is 0 Å². The van der Waals surface area contributed by atoms with E-state index in [0.29, 0.717) is 0 Å². The second-order valence-corrected chi connectivity index (χ2v) is 3.77. The summed E-state index contributed by atoms with van der Waals surface area (Å²) in [5.74, 6) is 0. The summed E-state index contributed by atoms with van der Waals surface area (Å²) in [7, 11) is 0. The second-order valence-electron chi connectivity index (χ2n) is 3.77. The van der Waals surface area contributed by atoms with E-state index in [4.69, 9.17) is 0 Å². The fourth-order valence-corrected chi connectivity index (χ4v) is 0.854. The first kappa shape index (κ1) is 25.0. The number of hydrogen-bond acceptors (Lipinski definition) is 0. The van der Waals surface area contributed by atoms with Crippen molar-refractivity contribution in [2.24, 2.45) is 0 Å². The molecule has 0 radical (unpaired) electrons. The molecule has 0 rings (SSSR count). The molecule has 0 spiro atoms. The van der Waals surface area contributed by atoms with Crippen molar-refractivity contribution in [3.8, 4) is 0 Å². The SMILES string of the molecule is CC.CCC.CCCCC.CCCCCC. The maximum atomic E-state index is 2.23. The fraction of sp³-hybridized carbons (Fsp3) is 1.00. The van der Waals surface area contributed by atoms with Gasteiger partial charge in [0.05, 0.1) is 0 Å². The van der Waals surface area contributed by atoms with Crippen LogP contribution in [0.4, 0.5) is 0 Å². The molecular formula is C16H40. The predicted octanol–water partition coefficient (Wildman–Crippen LogP) is 7.23. The topological polar surface area (TPSA) is 0 Å². The maximum absolute atomic E-state index is 2.23. The van der Waals surface area contributed by atoms with Crippen molar-refractivity contribution in [1.82, 2.24) is 0 Å². The molecule has 0 bridgehead atoms. The Morgan fingerprint density at radius 1 is 0.438 bits per heavy atom. The van der Waals surface area contributed by atoms with Crippen LogP contribution in [0.5, 0.6) is 0 Å². The van der Waals surface area contributed by atoms with Gasteiger partial charge in [0, 0.05) is 0 Å². The molecule has 0 atom stereocenters. The third-order valence-electron chi connectivity index (χ3n) is 1.66. The van der Waals surface area contributed by atoms with Gasteiger partial charge in [-0.25, -0.2) is 0 Å². The van der Waals surface area contributed by atoms with Gasteiger partial charge in [-0.15, -0.1) is 0 Å². The molecule has 0 aliphatic heterocycles. The van der Waals surface area contributed by atoms with Gasteiger partial charge in [0.15, 0.2) is 0 Å². The molecule has 0 aliphatic carbocycles. The molecular weight excluding hydrogens is 192 g/mol. The average Bonchev–Trinajstić information content (AvgIpc) is 2.32. The van der Waals surface area contributed by atoms with Crippen LogP contribution >= 0.6 is 0 Å². The first-order valence-electron chi connectivity index (χ1n) is 7.74. The van der Waals surface area contributed by atoms with Crippen LogP contribution in [0.2, 0.25) is 0 Å². The quantitative estimate of drug-likeness (QED) is 0.439. The summed E-state index contributed by atoms with van der Waals surface area (Å²) in [6.07, 6.45) is 10.9. The fourth-order valence-electron chi connectivity index (χ4n) is 0.854. The van der Waals surface area contributed by atoms with Gasteiger partial charge in [-0.3, -0.25) is 0 Å². The third kappa shape index (κ3) is 94.6. The van der Waals surface area contributed by atoms with E-state index in [9.17, 15) is 0 Å². The molecule has 104 valence electrons. The van der Waals surface area contributed by atoms with Gasteiger partial charge in [-0.05, 0) is 0 Å². The van der Waals surface area contributed by atoms with Crippen LogP contribution in [0.1, 0.15) is 107 Å². The van der Waals surface area contributed by atoms with Crippen LogP contribution in [0, 0.1) is 0 Å². The molecule has 0 saturated carbocycles. The monoisotopic (exact) mass is 232 g/mol. The van der Waals surface area contributed by atoms with E-state index in [0.717, 1.165) is 0 Å². The summed E-state index contributed by atoms with van der Waals surface area (Å²) in [5, 5.41) is 0. The smallest absolute Gasteiger partial charge is 0.0536 e. The van der Waals surface area contributed by atoms with E-state index < -0.39 is 0 Å². The lowest BCUT2D eigenvalue weighted by atomic mass is 10.2. The molecule has 0 fully saturated rings. The molecule has 0 amide bonds. The van der Waals surface area contributed by atoms with Gasteiger partial charge in [-0.2, -0.15) is 0 Å². The van der Waals surface area contributed by atoms with Crippen molar-refractivity contribution in [2.45, 2.75) is 107 Å². The maximum Gasteiger partial charge on any atom is -0.0536 e. The second kappa shape index (κ2) is 45.9. The molecule has 0 heteroatoms. The van der Waals surface area contributed by atoms with Gasteiger partial charge in [-0.1, -0.05) is 107 Å². The summed E-state index contributed by atoms with van der Waals surface area (Å²) in [6, 6.07) is 0. The highest BCUT2D eigenvalue weighted by molar-refractivity contribution is 4.31. The summed E-state index contributed by atoms with van der Waals surface area (Å²) in [4.78, 5) is 0. The molecule has 0 aromatic carbocycles. The highest BCUT2D eigenvalue weighted by atomic mass is 13.8. The average molecular weight is 232 g/mol. The first-order valence-corrected chi connectivity index (χ1v) is 7.74. The van der Waals surface area contributed by atoms with Gasteiger partial charge in [0.2, 0.25) is 0 Å². The van der Waals surface area contributed by atoms with Crippen molar-refractivity contribution in [2.75, 3.05) is 0 Å². The van der Waals surface area contributed by atoms with E-state index in [1.807, 2.05) is 13.8 Å². The summed E-state index contributed by atoms with van der Waals surface area (Å²) in [5.41, 5.74) is 0. The van der Waals surface area contributed by atoms with E-state index >= 15 is 0 Å². The number of unbranched alkanes of at least 4 members (excludes halogenated alkanes) is 5. The highest BCUT2D eigenvalue weighted by Gasteiger charge is 1.75. The molecule has 0 nitrogen and oxygen atoms in total. The summed E-state index contributed by atoms with van der Waals surface area (Å²) < 4.78 is 0. The highest BCUT2D eigenvalue weighted by Crippen LogP contribution is 1.95. The van der Waals surface area contributed by atoms with E-state index in [-0.39, 0.29) is 0 Å². The van der Waals surface area contributed by atoms with Gasteiger partial charge in [0.25, 0.3) is 0 Å². The van der Waals surface area contributed by atoms with E-state index in [1.54, 1.807) is 0 Å². The van der Waals surface area contributed by atoms with Gasteiger partial charge < -0.3 is 0 Å². The van der Waals surface area contributed by atoms with Gasteiger partial charge in [0.1, 0.15) is 0 Å². The molecule has 0 aromatic rings. The van der Waals surface area contributed by atoms with Crippen molar-refractivity contribution in [1.29, 1.82) is 0 Å². The summed E-state index contributed by atoms with van der Waals surface area (Å²) in [6.45, 7) is 17.1. The Morgan fingerprint density at radius 3 is 0.688 bits per heavy atom. The third-order valence-corrected chi connectivity index (χ3v) is 1.66. The minimum absolute atomic E-state index is 1.25. The molecule has 0 heterocycles. The van der Waals surface area contributed by atoms with E-state index in [2.05, 4.69) is 41.5 Å². The summed E-state index contributed by atoms with van der Waals surface area (Å²) >= 11 is 0. The first-order chi connectivity index (χ1) is 7.74. The van der Waals surface area contributed by atoms with Crippen LogP contribution in [-0.2, 0) is 0 Å². The van der Waals surface area contributed by atoms with Crippen LogP contribution in [0.15, 0.2) is 0 Å². The minimum Gasteiger partial charge on any atom is -0.0683 e. The van der Waals surface area contributed by atoms with Crippen molar-refractivity contribution >= 4 is 0 Å². The van der Waals surface area contributed by atoms with Crippen molar-refractivity contribution < 1.29 is 0 Å². The Kier molecular flexibility index (Phi) is 71.8. The lowest BCUT2D eigenvalue weighted by Crippen LogP contribution is -1.66. The lowest BCUT2D eigenvalue weighted by molar-refractivity contribution is 0.702. The molecule has 0 aliphatic rings. The standard InChI is InChI=1S/C6H14.C5H12.C3H8.C2H6/c1-3-5-6-4-2;1-3-5-4-2;1-3-2;1-2/h3-6H2,1-2H3;3-5H2,1-2H3;3H2,1-2H3;1-2H3. The van der Waals surface area contributed by atoms with Crippen molar-refractivity contribution in [3.63, 3.8) is 0 Å². The normalized spacial score (nSPS) is 7.50. The molecule has 0 saturated heterocycles. The molecule has 16 heavy (non-hydrogen) atoms. The van der Waals surface area contributed by atoms with Crippen LogP contribution in [0.3, 0.4) is 0 Å². The van der Waals surface area contributed by atoms with Gasteiger partial charge >= 0.3 is 0 Å².